The minimum absolute atomic E-state index is 0.619. The molecule has 0 spiro atoms. The molecule has 14 heavy (non-hydrogen) atoms. The van der Waals surface area contributed by atoms with Crippen molar-refractivity contribution in [2.75, 3.05) is 0 Å². The summed E-state index contributed by atoms with van der Waals surface area (Å²) in [6.07, 6.45) is 5.61. The summed E-state index contributed by atoms with van der Waals surface area (Å²) in [5.74, 6) is 0.619. The van der Waals surface area contributed by atoms with E-state index in [9.17, 15) is 0 Å². The number of thioether (sulfide) groups is 1. The van der Waals surface area contributed by atoms with Gasteiger partial charge in [0.15, 0.2) is 0 Å². The molecule has 0 N–H and O–H groups in total. The average Bonchev–Trinajstić information content (AvgIpc) is 2.72. The summed E-state index contributed by atoms with van der Waals surface area (Å²) in [6, 6.07) is 8.65. The van der Waals surface area contributed by atoms with Gasteiger partial charge in [0.25, 0.3) is 0 Å². The number of hydrogen-bond acceptors (Lipinski definition) is 1. The molecule has 2 heteroatoms. The van der Waals surface area contributed by atoms with Gasteiger partial charge in [-0.05, 0) is 30.5 Å². The molecule has 0 saturated heterocycles. The molecule has 0 aliphatic heterocycles. The maximum absolute atomic E-state index is 5.74. The summed E-state index contributed by atoms with van der Waals surface area (Å²) in [7, 11) is 0. The molecular formula is C12H15ClS. The van der Waals surface area contributed by atoms with Gasteiger partial charge in [-0.15, -0.1) is 23.4 Å². The summed E-state index contributed by atoms with van der Waals surface area (Å²) in [4.78, 5) is 1.39. The molecule has 2 rings (SSSR count). The van der Waals surface area contributed by atoms with Crippen LogP contribution in [0.1, 0.15) is 31.2 Å². The van der Waals surface area contributed by atoms with Gasteiger partial charge in [-0.25, -0.2) is 0 Å². The molecule has 0 unspecified atom stereocenters. The van der Waals surface area contributed by atoms with Crippen LogP contribution in [0.15, 0.2) is 29.2 Å². The first-order valence-electron chi connectivity index (χ1n) is 5.20. The van der Waals surface area contributed by atoms with Crippen LogP contribution in [0.5, 0.6) is 0 Å². The van der Waals surface area contributed by atoms with Gasteiger partial charge in [-0.3, -0.25) is 0 Å². The number of halogens is 1. The number of benzene rings is 1. The third-order valence-electron chi connectivity index (χ3n) is 2.68. The zero-order chi connectivity index (χ0) is 9.80. The van der Waals surface area contributed by atoms with Gasteiger partial charge in [0.1, 0.15) is 0 Å². The van der Waals surface area contributed by atoms with Gasteiger partial charge in [0, 0.05) is 16.0 Å². The molecule has 0 aromatic heterocycles. The molecule has 1 aromatic rings. The monoisotopic (exact) mass is 226 g/mol. The van der Waals surface area contributed by atoms with E-state index in [1.807, 2.05) is 11.8 Å². The van der Waals surface area contributed by atoms with Crippen molar-refractivity contribution in [2.45, 2.75) is 41.7 Å². The number of hydrogen-bond donors (Lipinski definition) is 0. The molecule has 0 radical (unpaired) electrons. The third-order valence-corrected chi connectivity index (χ3v) is 4.34. The lowest BCUT2D eigenvalue weighted by molar-refractivity contribution is 0.886. The van der Waals surface area contributed by atoms with Gasteiger partial charge in [-0.1, -0.05) is 25.0 Å². The lowest BCUT2D eigenvalue weighted by atomic mass is 10.2. The van der Waals surface area contributed by atoms with Crippen molar-refractivity contribution in [1.29, 1.82) is 0 Å². The average molecular weight is 227 g/mol. The summed E-state index contributed by atoms with van der Waals surface area (Å²) in [6.45, 7) is 0. The maximum Gasteiger partial charge on any atom is 0.0474 e. The van der Waals surface area contributed by atoms with Crippen molar-refractivity contribution in [1.82, 2.24) is 0 Å². The SMILES string of the molecule is ClCc1ccc(SC2CCCC2)cc1. The second-order valence-electron chi connectivity index (χ2n) is 3.80. The Balaban J connectivity index is 1.95. The normalized spacial score (nSPS) is 17.5. The van der Waals surface area contributed by atoms with Gasteiger partial charge in [0.2, 0.25) is 0 Å². The highest BCUT2D eigenvalue weighted by Crippen LogP contribution is 2.34. The third kappa shape index (κ3) is 2.68. The zero-order valence-corrected chi connectivity index (χ0v) is 9.78. The van der Waals surface area contributed by atoms with Crippen molar-refractivity contribution in [3.05, 3.63) is 29.8 Å². The predicted octanol–water partition coefficient (Wildman–Crippen LogP) is 4.46. The second-order valence-corrected chi connectivity index (χ2v) is 5.44. The first-order valence-corrected chi connectivity index (χ1v) is 6.61. The smallest absolute Gasteiger partial charge is 0.0474 e. The van der Waals surface area contributed by atoms with Gasteiger partial charge >= 0.3 is 0 Å². The van der Waals surface area contributed by atoms with Crippen molar-refractivity contribution < 1.29 is 0 Å². The van der Waals surface area contributed by atoms with E-state index in [1.54, 1.807) is 0 Å². The Labute approximate surface area is 95.0 Å². The fourth-order valence-corrected chi connectivity index (χ4v) is 3.28. The first kappa shape index (κ1) is 10.4. The fraction of sp³-hybridized carbons (Fsp3) is 0.500. The minimum Gasteiger partial charge on any atom is -0.123 e. The van der Waals surface area contributed by atoms with E-state index in [-0.39, 0.29) is 0 Å². The highest BCUT2D eigenvalue weighted by molar-refractivity contribution is 8.00. The van der Waals surface area contributed by atoms with Crippen LogP contribution in [-0.2, 0) is 5.88 Å². The molecule has 1 aliphatic rings. The van der Waals surface area contributed by atoms with Crippen LogP contribution in [0.3, 0.4) is 0 Å². The quantitative estimate of drug-likeness (QED) is 0.686. The Morgan fingerprint density at radius 2 is 1.79 bits per heavy atom. The van der Waals surface area contributed by atoms with E-state index in [0.717, 1.165) is 5.25 Å². The molecular weight excluding hydrogens is 212 g/mol. The van der Waals surface area contributed by atoms with Crippen molar-refractivity contribution >= 4 is 23.4 Å². The molecule has 1 fully saturated rings. The highest BCUT2D eigenvalue weighted by atomic mass is 35.5. The molecule has 0 nitrogen and oxygen atoms in total. The second kappa shape index (κ2) is 5.09. The summed E-state index contributed by atoms with van der Waals surface area (Å²) >= 11 is 7.77. The van der Waals surface area contributed by atoms with Gasteiger partial charge in [0.05, 0.1) is 0 Å². The minimum atomic E-state index is 0.619. The first-order chi connectivity index (χ1) is 6.88. The molecule has 1 saturated carbocycles. The van der Waals surface area contributed by atoms with Gasteiger partial charge in [-0.2, -0.15) is 0 Å². The van der Waals surface area contributed by atoms with Gasteiger partial charge < -0.3 is 0 Å². The summed E-state index contributed by atoms with van der Waals surface area (Å²) in [5, 5.41) is 0.858. The topological polar surface area (TPSA) is 0 Å². The molecule has 1 aromatic carbocycles. The lowest BCUT2D eigenvalue weighted by Gasteiger charge is -2.08. The van der Waals surface area contributed by atoms with Crippen molar-refractivity contribution in [2.24, 2.45) is 0 Å². The van der Waals surface area contributed by atoms with E-state index in [1.165, 1.54) is 36.1 Å². The van der Waals surface area contributed by atoms with Crippen LogP contribution >= 0.6 is 23.4 Å². The molecule has 1 aliphatic carbocycles. The molecule has 0 amide bonds. The Kier molecular flexibility index (Phi) is 3.77. The summed E-state index contributed by atoms with van der Waals surface area (Å²) < 4.78 is 0. The van der Waals surface area contributed by atoms with E-state index >= 15 is 0 Å². The van der Waals surface area contributed by atoms with Crippen molar-refractivity contribution in [3.8, 4) is 0 Å². The molecule has 0 heterocycles. The Morgan fingerprint density at radius 3 is 2.36 bits per heavy atom. The van der Waals surface area contributed by atoms with Crippen LogP contribution in [-0.4, -0.2) is 5.25 Å². The molecule has 0 bridgehead atoms. The standard InChI is InChI=1S/C12H15ClS/c13-9-10-5-7-12(8-6-10)14-11-3-1-2-4-11/h5-8,11H,1-4,9H2. The molecule has 76 valence electrons. The largest absolute Gasteiger partial charge is 0.123 e. The van der Waals surface area contributed by atoms with Crippen LogP contribution in [0.25, 0.3) is 0 Å². The fourth-order valence-electron chi connectivity index (χ4n) is 1.86. The Bertz CT molecular complexity index is 275. The zero-order valence-electron chi connectivity index (χ0n) is 8.21. The molecule has 0 atom stereocenters. The summed E-state index contributed by atoms with van der Waals surface area (Å²) in [5.41, 5.74) is 1.21. The van der Waals surface area contributed by atoms with Crippen LogP contribution in [0.2, 0.25) is 0 Å². The number of rotatable bonds is 3. The Morgan fingerprint density at radius 1 is 1.14 bits per heavy atom. The Hall–Kier alpha value is -0.140. The van der Waals surface area contributed by atoms with Crippen LogP contribution < -0.4 is 0 Å². The maximum atomic E-state index is 5.74. The van der Waals surface area contributed by atoms with Crippen LogP contribution in [0.4, 0.5) is 0 Å². The van der Waals surface area contributed by atoms with Crippen molar-refractivity contribution in [3.63, 3.8) is 0 Å². The highest BCUT2D eigenvalue weighted by Gasteiger charge is 2.15. The number of alkyl halides is 1. The van der Waals surface area contributed by atoms with Crippen LogP contribution in [0, 0.1) is 0 Å². The van der Waals surface area contributed by atoms with E-state index in [2.05, 4.69) is 24.3 Å². The van der Waals surface area contributed by atoms with E-state index in [4.69, 9.17) is 11.6 Å². The predicted molar refractivity (Wildman–Crippen MR) is 64.1 cm³/mol. The lowest BCUT2D eigenvalue weighted by Crippen LogP contribution is -1.92. The van der Waals surface area contributed by atoms with E-state index in [0.29, 0.717) is 5.88 Å². The van der Waals surface area contributed by atoms with E-state index < -0.39 is 0 Å².